The summed E-state index contributed by atoms with van der Waals surface area (Å²) in [5.41, 5.74) is 1.07. The van der Waals surface area contributed by atoms with Crippen LogP contribution in [-0.4, -0.2) is 41.9 Å². The zero-order valence-electron chi connectivity index (χ0n) is 15.2. The van der Waals surface area contributed by atoms with Crippen LogP contribution in [0.3, 0.4) is 0 Å². The second-order valence-corrected chi connectivity index (χ2v) is 7.03. The Morgan fingerprint density at radius 1 is 1.15 bits per heavy atom. The van der Waals surface area contributed by atoms with Crippen molar-refractivity contribution in [3.63, 3.8) is 0 Å². The van der Waals surface area contributed by atoms with E-state index in [1.807, 2.05) is 4.90 Å². The van der Waals surface area contributed by atoms with E-state index in [2.05, 4.69) is 5.32 Å². The van der Waals surface area contributed by atoms with E-state index in [9.17, 15) is 14.4 Å². The quantitative estimate of drug-likeness (QED) is 0.821. The van der Waals surface area contributed by atoms with Crippen molar-refractivity contribution in [3.05, 3.63) is 29.8 Å². The highest BCUT2D eigenvalue weighted by molar-refractivity contribution is 5.97. The molecule has 1 saturated heterocycles. The van der Waals surface area contributed by atoms with Gasteiger partial charge in [0.2, 0.25) is 11.8 Å². The molecule has 1 heterocycles. The first kappa shape index (κ1) is 18.4. The Balaban J connectivity index is 1.56. The third kappa shape index (κ3) is 4.23. The summed E-state index contributed by atoms with van der Waals surface area (Å²) in [5.74, 6) is -0.737. The number of nitrogens with one attached hydrogen (secondary N) is 1. The van der Waals surface area contributed by atoms with E-state index in [1.165, 1.54) is 6.42 Å². The normalized spacial score (nSPS) is 20.9. The lowest BCUT2D eigenvalue weighted by Gasteiger charge is -2.31. The smallest absolute Gasteiger partial charge is 0.338 e. The van der Waals surface area contributed by atoms with E-state index in [0.29, 0.717) is 30.4 Å². The summed E-state index contributed by atoms with van der Waals surface area (Å²) in [5, 5.41) is 2.86. The van der Waals surface area contributed by atoms with E-state index in [4.69, 9.17) is 4.74 Å². The lowest BCUT2D eigenvalue weighted by atomic mass is 9.94. The average molecular weight is 358 g/mol. The minimum Gasteiger partial charge on any atom is -0.462 e. The van der Waals surface area contributed by atoms with Crippen molar-refractivity contribution in [1.29, 1.82) is 0 Å². The van der Waals surface area contributed by atoms with Gasteiger partial charge in [0, 0.05) is 24.7 Å². The molecule has 1 aliphatic heterocycles. The molecule has 1 atom stereocenters. The van der Waals surface area contributed by atoms with Crippen molar-refractivity contribution in [2.24, 2.45) is 5.92 Å². The molecule has 2 aliphatic rings. The fourth-order valence-corrected chi connectivity index (χ4v) is 3.80. The number of rotatable bonds is 5. The molecule has 3 rings (SSSR count). The maximum absolute atomic E-state index is 12.5. The third-order valence-corrected chi connectivity index (χ3v) is 5.21. The van der Waals surface area contributed by atoms with Crippen LogP contribution in [0, 0.1) is 5.92 Å². The molecule has 1 aromatic rings. The zero-order valence-corrected chi connectivity index (χ0v) is 15.2. The van der Waals surface area contributed by atoms with Gasteiger partial charge in [-0.15, -0.1) is 0 Å². The number of likely N-dealkylation sites (tertiary alicyclic amines) is 1. The summed E-state index contributed by atoms with van der Waals surface area (Å²) < 4.78 is 4.94. The minimum atomic E-state index is -0.380. The van der Waals surface area contributed by atoms with Crippen molar-refractivity contribution < 1.29 is 19.1 Å². The second kappa shape index (κ2) is 8.34. The van der Waals surface area contributed by atoms with Crippen LogP contribution in [0.2, 0.25) is 0 Å². The number of hydrogen-bond acceptors (Lipinski definition) is 4. The van der Waals surface area contributed by atoms with Gasteiger partial charge in [-0.05, 0) is 44.0 Å². The van der Waals surface area contributed by atoms with Crippen molar-refractivity contribution in [2.75, 3.05) is 18.5 Å². The van der Waals surface area contributed by atoms with Crippen LogP contribution in [0.25, 0.3) is 0 Å². The number of carbonyl (C=O) groups excluding carboxylic acids is 3. The van der Waals surface area contributed by atoms with Gasteiger partial charge < -0.3 is 15.0 Å². The predicted molar refractivity (Wildman–Crippen MR) is 97.7 cm³/mol. The van der Waals surface area contributed by atoms with Crippen LogP contribution >= 0.6 is 0 Å². The Hall–Kier alpha value is -2.37. The Bertz CT molecular complexity index is 665. The van der Waals surface area contributed by atoms with Crippen LogP contribution in [0.4, 0.5) is 5.69 Å². The highest BCUT2D eigenvalue weighted by atomic mass is 16.5. The molecule has 0 radical (unpaired) electrons. The van der Waals surface area contributed by atoms with Crippen LogP contribution in [0.15, 0.2) is 24.3 Å². The van der Waals surface area contributed by atoms with Gasteiger partial charge in [-0.1, -0.05) is 19.3 Å². The maximum atomic E-state index is 12.5. The van der Waals surface area contributed by atoms with Gasteiger partial charge in [0.25, 0.3) is 0 Å². The van der Waals surface area contributed by atoms with E-state index < -0.39 is 0 Å². The minimum absolute atomic E-state index is 0.0923. The fraction of sp³-hybridized carbons (Fsp3) is 0.550. The average Bonchev–Trinajstić information content (AvgIpc) is 3.05. The molecule has 26 heavy (non-hydrogen) atoms. The molecular formula is C20H26N2O4. The molecule has 0 aromatic heterocycles. The number of benzene rings is 1. The molecule has 1 aromatic carbocycles. The summed E-state index contributed by atoms with van der Waals surface area (Å²) >= 11 is 0. The number of amides is 2. The highest BCUT2D eigenvalue weighted by Crippen LogP contribution is 2.29. The lowest BCUT2D eigenvalue weighted by molar-refractivity contribution is -0.130. The van der Waals surface area contributed by atoms with E-state index in [0.717, 1.165) is 25.7 Å². The van der Waals surface area contributed by atoms with Crippen LogP contribution in [-0.2, 0) is 14.3 Å². The SMILES string of the molecule is CCOC(=O)c1ccc(NC(=O)[C@H]2CC(=O)N(C3CCCCC3)C2)cc1. The standard InChI is InChI=1S/C20H26N2O4/c1-2-26-20(25)14-8-10-16(11-9-14)21-19(24)15-12-18(23)22(13-15)17-6-4-3-5-7-17/h8-11,15,17H,2-7,12-13H2,1H3,(H,21,24)/t15-/m0/s1. The number of esters is 1. The molecule has 6 heteroatoms. The van der Waals surface area contributed by atoms with Gasteiger partial charge in [0.15, 0.2) is 0 Å². The maximum Gasteiger partial charge on any atom is 0.338 e. The van der Waals surface area contributed by atoms with E-state index >= 15 is 0 Å². The molecule has 6 nitrogen and oxygen atoms in total. The number of anilines is 1. The van der Waals surface area contributed by atoms with Gasteiger partial charge in [-0.3, -0.25) is 9.59 Å². The van der Waals surface area contributed by atoms with Crippen molar-refractivity contribution in [2.45, 2.75) is 51.5 Å². The van der Waals surface area contributed by atoms with Crippen LogP contribution in [0.5, 0.6) is 0 Å². The van der Waals surface area contributed by atoms with Gasteiger partial charge in [0.05, 0.1) is 18.1 Å². The molecule has 2 amide bonds. The Kier molecular flexibility index (Phi) is 5.91. The Morgan fingerprint density at radius 3 is 2.50 bits per heavy atom. The second-order valence-electron chi connectivity index (χ2n) is 7.03. The first-order valence-corrected chi connectivity index (χ1v) is 9.46. The predicted octanol–water partition coefficient (Wildman–Crippen LogP) is 2.98. The first-order chi connectivity index (χ1) is 12.6. The lowest BCUT2D eigenvalue weighted by Crippen LogP contribution is -2.38. The molecule has 1 aliphatic carbocycles. The number of hydrogen-bond donors (Lipinski definition) is 1. The van der Waals surface area contributed by atoms with Gasteiger partial charge in [0.1, 0.15) is 0 Å². The topological polar surface area (TPSA) is 75.7 Å². The molecule has 1 N–H and O–H groups in total. The molecule has 0 unspecified atom stereocenters. The van der Waals surface area contributed by atoms with Crippen LogP contribution in [0.1, 0.15) is 55.8 Å². The van der Waals surface area contributed by atoms with E-state index in [-0.39, 0.29) is 30.1 Å². The third-order valence-electron chi connectivity index (χ3n) is 5.21. The van der Waals surface area contributed by atoms with Gasteiger partial charge in [-0.2, -0.15) is 0 Å². The van der Waals surface area contributed by atoms with Gasteiger partial charge in [-0.25, -0.2) is 4.79 Å². The Labute approximate surface area is 153 Å². The van der Waals surface area contributed by atoms with E-state index in [1.54, 1.807) is 31.2 Å². The fourth-order valence-electron chi connectivity index (χ4n) is 3.80. The van der Waals surface area contributed by atoms with Gasteiger partial charge >= 0.3 is 5.97 Å². The molecule has 140 valence electrons. The largest absolute Gasteiger partial charge is 0.462 e. The van der Waals surface area contributed by atoms with Crippen molar-refractivity contribution in [3.8, 4) is 0 Å². The highest BCUT2D eigenvalue weighted by Gasteiger charge is 2.38. The monoisotopic (exact) mass is 358 g/mol. The zero-order chi connectivity index (χ0) is 18.5. The summed E-state index contributed by atoms with van der Waals surface area (Å²) in [6, 6.07) is 6.92. The summed E-state index contributed by atoms with van der Waals surface area (Å²) in [4.78, 5) is 38.4. The molecule has 2 fully saturated rings. The van der Waals surface area contributed by atoms with Crippen molar-refractivity contribution in [1.82, 2.24) is 4.90 Å². The molecule has 0 spiro atoms. The summed E-state index contributed by atoms with van der Waals surface area (Å²) in [6.45, 7) is 2.59. The molecular weight excluding hydrogens is 332 g/mol. The number of nitrogens with zero attached hydrogens (tertiary/aromatic N) is 1. The van der Waals surface area contributed by atoms with Crippen molar-refractivity contribution >= 4 is 23.5 Å². The number of ether oxygens (including phenoxy) is 1. The first-order valence-electron chi connectivity index (χ1n) is 9.46. The summed E-state index contributed by atoms with van der Waals surface area (Å²) in [6.07, 6.45) is 5.95. The summed E-state index contributed by atoms with van der Waals surface area (Å²) in [7, 11) is 0. The Morgan fingerprint density at radius 2 is 1.85 bits per heavy atom. The molecule has 0 bridgehead atoms. The van der Waals surface area contributed by atoms with Crippen LogP contribution < -0.4 is 5.32 Å². The molecule has 1 saturated carbocycles. The number of carbonyl (C=O) groups is 3.